The molecule has 0 fully saturated rings. The first-order valence-electron chi connectivity index (χ1n) is 8.88. The van der Waals surface area contributed by atoms with Crippen LogP contribution in [0.2, 0.25) is 0 Å². The number of hydrogen-bond acceptors (Lipinski definition) is 5. The number of nitrogens with one attached hydrogen (secondary N) is 3. The first-order valence-corrected chi connectivity index (χ1v) is 9.70. The molecule has 146 valence electrons. The number of amides is 1. The highest BCUT2D eigenvalue weighted by molar-refractivity contribution is 7.11. The Bertz CT molecular complexity index is 788. The van der Waals surface area contributed by atoms with Gasteiger partial charge in [0.2, 0.25) is 5.91 Å². The van der Waals surface area contributed by atoms with Crippen molar-refractivity contribution in [1.29, 1.82) is 0 Å². The lowest BCUT2D eigenvalue weighted by Crippen LogP contribution is -2.37. The van der Waals surface area contributed by atoms with Crippen LogP contribution in [0.4, 0.5) is 5.69 Å². The van der Waals surface area contributed by atoms with Crippen LogP contribution in [0.15, 0.2) is 29.4 Å². The third kappa shape index (κ3) is 6.56. The Morgan fingerprint density at radius 1 is 1.33 bits per heavy atom. The van der Waals surface area contributed by atoms with Crippen LogP contribution in [0.25, 0.3) is 0 Å². The number of rotatable bonds is 8. The Morgan fingerprint density at radius 3 is 2.78 bits per heavy atom. The molecule has 0 aliphatic rings. The highest BCUT2D eigenvalue weighted by atomic mass is 32.1. The molecule has 1 aromatic carbocycles. The molecule has 0 aliphatic carbocycles. The highest BCUT2D eigenvalue weighted by Crippen LogP contribution is 2.25. The Kier molecular flexibility index (Phi) is 8.06. The SMILES string of the molecule is CCc1cnc(CCNC(=NC)NCc2ccc(OC)c(NC(C)=O)c2)s1. The largest absolute Gasteiger partial charge is 0.495 e. The third-order valence-corrected chi connectivity index (χ3v) is 5.04. The molecule has 7 nitrogen and oxygen atoms in total. The third-order valence-electron chi connectivity index (χ3n) is 3.84. The van der Waals surface area contributed by atoms with Crippen LogP contribution in [-0.2, 0) is 24.2 Å². The van der Waals surface area contributed by atoms with Crippen molar-refractivity contribution in [2.75, 3.05) is 26.0 Å². The van der Waals surface area contributed by atoms with Crippen molar-refractivity contribution in [3.05, 3.63) is 39.8 Å². The number of aromatic nitrogens is 1. The summed E-state index contributed by atoms with van der Waals surface area (Å²) in [7, 11) is 3.32. The minimum absolute atomic E-state index is 0.135. The second-order valence-electron chi connectivity index (χ2n) is 5.89. The summed E-state index contributed by atoms with van der Waals surface area (Å²) in [4.78, 5) is 21.3. The van der Waals surface area contributed by atoms with Gasteiger partial charge in [-0.25, -0.2) is 4.98 Å². The number of guanidine groups is 1. The van der Waals surface area contributed by atoms with Crippen molar-refractivity contribution < 1.29 is 9.53 Å². The zero-order chi connectivity index (χ0) is 19.6. The molecule has 1 aromatic heterocycles. The van der Waals surface area contributed by atoms with Crippen molar-refractivity contribution in [3.8, 4) is 5.75 Å². The van der Waals surface area contributed by atoms with Crippen LogP contribution in [0.1, 0.15) is 29.3 Å². The molecule has 0 saturated heterocycles. The highest BCUT2D eigenvalue weighted by Gasteiger charge is 2.07. The topological polar surface area (TPSA) is 87.6 Å². The molecule has 27 heavy (non-hydrogen) atoms. The predicted octanol–water partition coefficient (Wildman–Crippen LogP) is 2.58. The van der Waals surface area contributed by atoms with Gasteiger partial charge in [0, 0.05) is 44.6 Å². The van der Waals surface area contributed by atoms with E-state index in [1.54, 1.807) is 25.5 Å². The first-order chi connectivity index (χ1) is 13.0. The van der Waals surface area contributed by atoms with Gasteiger partial charge < -0.3 is 20.7 Å². The molecule has 3 N–H and O–H groups in total. The minimum atomic E-state index is -0.135. The van der Waals surface area contributed by atoms with E-state index in [-0.39, 0.29) is 5.91 Å². The van der Waals surface area contributed by atoms with Gasteiger partial charge in [-0.05, 0) is 24.1 Å². The quantitative estimate of drug-likeness (QED) is 0.477. The number of nitrogens with zero attached hydrogens (tertiary/aromatic N) is 2. The lowest BCUT2D eigenvalue weighted by atomic mass is 10.2. The Morgan fingerprint density at radius 2 is 2.15 bits per heavy atom. The molecule has 0 bridgehead atoms. The van der Waals surface area contributed by atoms with Crippen LogP contribution in [0.3, 0.4) is 0 Å². The van der Waals surface area contributed by atoms with Crippen molar-refractivity contribution in [3.63, 3.8) is 0 Å². The second kappa shape index (κ2) is 10.5. The number of benzene rings is 1. The summed E-state index contributed by atoms with van der Waals surface area (Å²) >= 11 is 1.75. The van der Waals surface area contributed by atoms with Gasteiger partial charge in [0.15, 0.2) is 5.96 Å². The molecule has 0 spiro atoms. The maximum Gasteiger partial charge on any atom is 0.221 e. The number of thiazole rings is 1. The van der Waals surface area contributed by atoms with Crippen LogP contribution >= 0.6 is 11.3 Å². The van der Waals surface area contributed by atoms with E-state index < -0.39 is 0 Å². The van der Waals surface area contributed by atoms with E-state index in [4.69, 9.17) is 4.74 Å². The fourth-order valence-corrected chi connectivity index (χ4v) is 3.34. The molecule has 0 saturated carbocycles. The van der Waals surface area contributed by atoms with Crippen LogP contribution in [0, 0.1) is 0 Å². The molecule has 1 amide bonds. The maximum absolute atomic E-state index is 11.3. The number of carbonyl (C=O) groups excluding carboxylic acids is 1. The van der Waals surface area contributed by atoms with Gasteiger partial charge in [0.1, 0.15) is 5.75 Å². The van der Waals surface area contributed by atoms with E-state index >= 15 is 0 Å². The number of carbonyl (C=O) groups is 1. The molecule has 0 atom stereocenters. The smallest absolute Gasteiger partial charge is 0.221 e. The van der Waals surface area contributed by atoms with Gasteiger partial charge >= 0.3 is 0 Å². The van der Waals surface area contributed by atoms with Gasteiger partial charge in [0.05, 0.1) is 17.8 Å². The van der Waals surface area contributed by atoms with Gasteiger partial charge in [0.25, 0.3) is 0 Å². The number of aliphatic imine (C=N–C) groups is 1. The van der Waals surface area contributed by atoms with Gasteiger partial charge in [-0.1, -0.05) is 13.0 Å². The zero-order valence-electron chi connectivity index (χ0n) is 16.3. The van der Waals surface area contributed by atoms with Crippen LogP contribution in [0.5, 0.6) is 5.75 Å². The standard InChI is InChI=1S/C19H27N5O2S/c1-5-15-12-22-18(27-15)8-9-21-19(20-3)23-11-14-6-7-17(26-4)16(10-14)24-13(2)25/h6-7,10,12H,5,8-9,11H2,1-4H3,(H,24,25)(H2,20,21,23). The summed E-state index contributed by atoms with van der Waals surface area (Å²) in [6, 6.07) is 5.68. The Balaban J connectivity index is 1.86. The first kappa shape index (κ1) is 20.7. The number of anilines is 1. The molecule has 0 aliphatic heterocycles. The lowest BCUT2D eigenvalue weighted by Gasteiger charge is -2.14. The molecular weight excluding hydrogens is 362 g/mol. The summed E-state index contributed by atoms with van der Waals surface area (Å²) in [5, 5.41) is 10.5. The lowest BCUT2D eigenvalue weighted by molar-refractivity contribution is -0.114. The Labute approximate surface area is 164 Å². The summed E-state index contributed by atoms with van der Waals surface area (Å²) < 4.78 is 5.28. The van der Waals surface area contributed by atoms with Crippen LogP contribution in [-0.4, -0.2) is 37.6 Å². The predicted molar refractivity (Wildman–Crippen MR) is 111 cm³/mol. The van der Waals surface area contributed by atoms with E-state index in [0.29, 0.717) is 18.0 Å². The molecule has 0 unspecified atom stereocenters. The van der Waals surface area contributed by atoms with Crippen LogP contribution < -0.4 is 20.7 Å². The van der Waals surface area contributed by atoms with Crippen molar-refractivity contribution in [2.24, 2.45) is 4.99 Å². The van der Waals surface area contributed by atoms with Crippen molar-refractivity contribution in [2.45, 2.75) is 33.2 Å². The summed E-state index contributed by atoms with van der Waals surface area (Å²) in [6.07, 6.45) is 3.83. The summed E-state index contributed by atoms with van der Waals surface area (Å²) in [5.74, 6) is 1.22. The van der Waals surface area contributed by atoms with Gasteiger partial charge in [-0.15, -0.1) is 11.3 Å². The molecular formula is C19H27N5O2S. The fraction of sp³-hybridized carbons (Fsp3) is 0.421. The fourth-order valence-electron chi connectivity index (χ4n) is 2.47. The van der Waals surface area contributed by atoms with Gasteiger partial charge in [-0.2, -0.15) is 0 Å². The Hall–Kier alpha value is -2.61. The van der Waals surface area contributed by atoms with Gasteiger partial charge in [-0.3, -0.25) is 9.79 Å². The minimum Gasteiger partial charge on any atom is -0.495 e. The molecule has 8 heteroatoms. The average molecular weight is 390 g/mol. The number of methoxy groups -OCH3 is 1. The number of aryl methyl sites for hydroxylation is 1. The van der Waals surface area contributed by atoms with E-state index in [1.807, 2.05) is 24.4 Å². The second-order valence-corrected chi connectivity index (χ2v) is 7.09. The van der Waals surface area contributed by atoms with E-state index in [0.717, 1.165) is 35.9 Å². The molecule has 2 aromatic rings. The normalized spacial score (nSPS) is 11.2. The zero-order valence-corrected chi connectivity index (χ0v) is 17.1. The maximum atomic E-state index is 11.3. The molecule has 2 rings (SSSR count). The van der Waals surface area contributed by atoms with E-state index in [9.17, 15) is 4.79 Å². The average Bonchev–Trinajstić information content (AvgIpc) is 3.12. The van der Waals surface area contributed by atoms with E-state index in [2.05, 4.69) is 32.9 Å². The summed E-state index contributed by atoms with van der Waals surface area (Å²) in [6.45, 7) is 4.95. The van der Waals surface area contributed by atoms with Crippen molar-refractivity contribution >= 4 is 28.9 Å². The monoisotopic (exact) mass is 389 g/mol. The number of hydrogen-bond donors (Lipinski definition) is 3. The van der Waals surface area contributed by atoms with Crippen molar-refractivity contribution in [1.82, 2.24) is 15.6 Å². The summed E-state index contributed by atoms with van der Waals surface area (Å²) in [5.41, 5.74) is 1.66. The van der Waals surface area contributed by atoms with E-state index in [1.165, 1.54) is 11.8 Å². The number of ether oxygens (including phenoxy) is 1. The molecule has 0 radical (unpaired) electrons. The molecule has 1 heterocycles.